The Balaban J connectivity index is 2.25. The molecule has 4 atom stereocenters. The fourth-order valence-electron chi connectivity index (χ4n) is 4.11. The monoisotopic (exact) mass is 295 g/mol. The van der Waals surface area contributed by atoms with E-state index < -0.39 is 11.6 Å². The Bertz CT molecular complexity index is 451. The summed E-state index contributed by atoms with van der Waals surface area (Å²) in [6.07, 6.45) is 2.51. The van der Waals surface area contributed by atoms with Gasteiger partial charge in [0.25, 0.3) is 0 Å². The third-order valence-corrected chi connectivity index (χ3v) is 5.65. The highest BCUT2D eigenvalue weighted by Gasteiger charge is 2.61. The summed E-state index contributed by atoms with van der Waals surface area (Å²) in [5.41, 5.74) is 0.0576. The van der Waals surface area contributed by atoms with Crippen molar-refractivity contribution in [2.75, 3.05) is 7.11 Å². The molecule has 3 fully saturated rings. The largest absolute Gasteiger partial charge is 0.467 e. The minimum Gasteiger partial charge on any atom is -0.467 e. The molecular formula is C17H29NO3. The van der Waals surface area contributed by atoms with E-state index in [0.29, 0.717) is 18.3 Å². The van der Waals surface area contributed by atoms with Gasteiger partial charge in [-0.1, -0.05) is 27.7 Å². The molecule has 0 spiro atoms. The molecule has 0 radical (unpaired) electrons. The van der Waals surface area contributed by atoms with Crippen LogP contribution in [0.1, 0.15) is 53.9 Å². The van der Waals surface area contributed by atoms with Crippen LogP contribution in [0.4, 0.5) is 0 Å². The summed E-state index contributed by atoms with van der Waals surface area (Å²) in [7, 11) is 1.40. The number of esters is 1. The molecule has 0 aromatic carbocycles. The predicted molar refractivity (Wildman–Crippen MR) is 83.3 cm³/mol. The Morgan fingerprint density at radius 3 is 2.48 bits per heavy atom. The zero-order valence-electron chi connectivity index (χ0n) is 14.1. The molecule has 4 heteroatoms. The smallest absolute Gasteiger partial charge is 0.330 e. The summed E-state index contributed by atoms with van der Waals surface area (Å²) in [5, 5.41) is 10.9. The zero-order chi connectivity index (χ0) is 16.0. The highest BCUT2D eigenvalue weighted by molar-refractivity contribution is 5.96. The Labute approximate surface area is 128 Å². The molecule has 120 valence electrons. The second kappa shape index (κ2) is 5.38. The minimum absolute atomic E-state index is 0.168. The highest BCUT2D eigenvalue weighted by Crippen LogP contribution is 2.61. The number of hydrogen-bond donors (Lipinski definition) is 1. The highest BCUT2D eigenvalue weighted by atomic mass is 16.5. The first-order chi connectivity index (χ1) is 9.60. The van der Waals surface area contributed by atoms with E-state index in [4.69, 9.17) is 4.74 Å². The Hall–Kier alpha value is -0.900. The molecular weight excluding hydrogens is 266 g/mol. The van der Waals surface area contributed by atoms with Crippen molar-refractivity contribution in [1.82, 2.24) is 0 Å². The predicted octanol–water partition coefficient (Wildman–Crippen LogP) is 2.83. The van der Waals surface area contributed by atoms with Crippen molar-refractivity contribution >= 4 is 11.7 Å². The van der Waals surface area contributed by atoms with E-state index >= 15 is 0 Å². The summed E-state index contributed by atoms with van der Waals surface area (Å²) >= 11 is 0. The quantitative estimate of drug-likeness (QED) is 0.811. The SMILES string of the molecule is COC(=O)[C@@H](CC(C)C)N=C1C[C@@H]2C[C@@H](C2(C)C)[C@]1(C)O. The minimum atomic E-state index is -0.901. The molecule has 21 heavy (non-hydrogen) atoms. The van der Waals surface area contributed by atoms with E-state index in [0.717, 1.165) is 18.6 Å². The normalized spacial score (nSPS) is 37.2. The molecule has 3 rings (SSSR count). The second-order valence-corrected chi connectivity index (χ2v) is 7.90. The van der Waals surface area contributed by atoms with E-state index in [1.165, 1.54) is 7.11 Å². The number of ether oxygens (including phenoxy) is 1. The van der Waals surface area contributed by atoms with E-state index in [9.17, 15) is 9.90 Å². The van der Waals surface area contributed by atoms with Gasteiger partial charge in [-0.3, -0.25) is 4.99 Å². The lowest BCUT2D eigenvalue weighted by molar-refractivity contribution is -0.143. The van der Waals surface area contributed by atoms with Crippen molar-refractivity contribution in [1.29, 1.82) is 0 Å². The fraction of sp³-hybridized carbons (Fsp3) is 0.882. The summed E-state index contributed by atoms with van der Waals surface area (Å²) < 4.78 is 4.87. The van der Waals surface area contributed by atoms with E-state index in [2.05, 4.69) is 32.7 Å². The molecule has 3 saturated carbocycles. The number of carbonyl (C=O) groups excluding carboxylic acids is 1. The van der Waals surface area contributed by atoms with E-state index in [1.54, 1.807) is 0 Å². The van der Waals surface area contributed by atoms with Crippen molar-refractivity contribution < 1.29 is 14.6 Å². The van der Waals surface area contributed by atoms with Gasteiger partial charge in [0.15, 0.2) is 0 Å². The molecule has 0 saturated heterocycles. The molecule has 2 bridgehead atoms. The van der Waals surface area contributed by atoms with E-state index in [-0.39, 0.29) is 17.3 Å². The maximum Gasteiger partial charge on any atom is 0.330 e. The van der Waals surface area contributed by atoms with Gasteiger partial charge in [0.2, 0.25) is 0 Å². The summed E-state index contributed by atoms with van der Waals surface area (Å²) in [6, 6.07) is -0.489. The first-order valence-corrected chi connectivity index (χ1v) is 7.98. The molecule has 0 heterocycles. The number of fused-ring (bicyclic) bond motifs is 2. The number of methoxy groups -OCH3 is 1. The lowest BCUT2D eigenvalue weighted by Gasteiger charge is -2.62. The zero-order valence-corrected chi connectivity index (χ0v) is 14.1. The van der Waals surface area contributed by atoms with Crippen LogP contribution in [-0.4, -0.2) is 35.5 Å². The molecule has 0 amide bonds. The van der Waals surface area contributed by atoms with Gasteiger partial charge >= 0.3 is 5.97 Å². The van der Waals surface area contributed by atoms with Gasteiger partial charge in [-0.15, -0.1) is 0 Å². The molecule has 0 aromatic rings. The first kappa shape index (κ1) is 16.5. The Morgan fingerprint density at radius 1 is 1.43 bits per heavy atom. The van der Waals surface area contributed by atoms with Crippen LogP contribution in [0.5, 0.6) is 0 Å². The van der Waals surface area contributed by atoms with Crippen LogP contribution in [-0.2, 0) is 9.53 Å². The number of rotatable bonds is 4. The Morgan fingerprint density at radius 2 is 2.05 bits per heavy atom. The van der Waals surface area contributed by atoms with Crippen LogP contribution in [0.25, 0.3) is 0 Å². The van der Waals surface area contributed by atoms with Gasteiger partial charge in [0.1, 0.15) is 11.6 Å². The third-order valence-electron chi connectivity index (χ3n) is 5.65. The molecule has 3 aliphatic carbocycles. The number of carbonyl (C=O) groups is 1. The molecule has 0 aliphatic heterocycles. The van der Waals surface area contributed by atoms with Crippen molar-refractivity contribution in [3.05, 3.63) is 0 Å². The van der Waals surface area contributed by atoms with Crippen LogP contribution >= 0.6 is 0 Å². The summed E-state index contributed by atoms with van der Waals surface area (Å²) in [4.78, 5) is 16.6. The van der Waals surface area contributed by atoms with Gasteiger partial charge in [0, 0.05) is 5.71 Å². The van der Waals surface area contributed by atoms with Crippen molar-refractivity contribution in [2.45, 2.75) is 65.5 Å². The number of nitrogens with zero attached hydrogens (tertiary/aromatic N) is 1. The molecule has 0 aromatic heterocycles. The maximum atomic E-state index is 11.9. The van der Waals surface area contributed by atoms with Gasteiger partial charge in [-0.05, 0) is 49.4 Å². The van der Waals surface area contributed by atoms with Crippen LogP contribution in [0.2, 0.25) is 0 Å². The lowest BCUT2D eigenvalue weighted by atomic mass is 9.44. The van der Waals surface area contributed by atoms with Gasteiger partial charge in [-0.25, -0.2) is 4.79 Å². The Kier molecular flexibility index (Phi) is 4.22. The van der Waals surface area contributed by atoms with Crippen molar-refractivity contribution in [3.8, 4) is 0 Å². The van der Waals surface area contributed by atoms with Gasteiger partial charge in [0.05, 0.1) is 7.11 Å². The molecule has 4 nitrogen and oxygen atoms in total. The second-order valence-electron chi connectivity index (χ2n) is 7.90. The van der Waals surface area contributed by atoms with Gasteiger partial charge in [-0.2, -0.15) is 0 Å². The molecule has 3 aliphatic rings. The number of aliphatic hydroxyl groups is 1. The van der Waals surface area contributed by atoms with Crippen LogP contribution in [0.3, 0.4) is 0 Å². The van der Waals surface area contributed by atoms with Crippen molar-refractivity contribution in [3.63, 3.8) is 0 Å². The topological polar surface area (TPSA) is 58.9 Å². The summed E-state index contributed by atoms with van der Waals surface area (Å²) in [5.74, 6) is 0.863. The van der Waals surface area contributed by atoms with Crippen LogP contribution < -0.4 is 0 Å². The fourth-order valence-corrected chi connectivity index (χ4v) is 4.11. The first-order valence-electron chi connectivity index (χ1n) is 7.98. The molecule has 1 N–H and O–H groups in total. The maximum absolute atomic E-state index is 11.9. The summed E-state index contributed by atoms with van der Waals surface area (Å²) in [6.45, 7) is 10.4. The van der Waals surface area contributed by atoms with E-state index in [1.807, 2.05) is 6.92 Å². The van der Waals surface area contributed by atoms with Crippen LogP contribution in [0.15, 0.2) is 4.99 Å². The lowest BCUT2D eigenvalue weighted by Crippen LogP contribution is -2.65. The third kappa shape index (κ3) is 2.75. The average molecular weight is 295 g/mol. The standard InChI is InChI=1S/C17H29NO3/c1-10(2)7-12(15(19)21-6)18-14-9-11-8-13(16(11,3)4)17(14,5)20/h10-13,20H,7-9H2,1-6H3/t11-,12+,13-,17-/m0/s1. The van der Waals surface area contributed by atoms with Gasteiger partial charge < -0.3 is 9.84 Å². The molecule has 0 unspecified atom stereocenters. The van der Waals surface area contributed by atoms with Crippen molar-refractivity contribution in [2.24, 2.45) is 28.2 Å². The van der Waals surface area contributed by atoms with Crippen LogP contribution in [0, 0.1) is 23.2 Å². The average Bonchev–Trinajstić information content (AvgIpc) is 2.37. The number of hydrogen-bond acceptors (Lipinski definition) is 4. The number of aliphatic imine (C=N–C) groups is 1.